The lowest BCUT2D eigenvalue weighted by atomic mass is 9.78. The topological polar surface area (TPSA) is 83.7 Å². The van der Waals surface area contributed by atoms with Crippen molar-refractivity contribution in [3.8, 4) is 0 Å². The van der Waals surface area contributed by atoms with E-state index in [-0.39, 0.29) is 0 Å². The van der Waals surface area contributed by atoms with Crippen molar-refractivity contribution in [2.45, 2.75) is 50.1 Å². The Morgan fingerprint density at radius 2 is 2.09 bits per heavy atom. The van der Waals surface area contributed by atoms with E-state index in [4.69, 9.17) is 15.7 Å². The fourth-order valence-electron chi connectivity index (χ4n) is 3.01. The molecule has 2 aromatic heterocycles. The third-order valence-electron chi connectivity index (χ3n) is 4.64. The van der Waals surface area contributed by atoms with Gasteiger partial charge in [0.25, 0.3) is 0 Å². The second-order valence-corrected chi connectivity index (χ2v) is 6.65. The molecule has 3 N–H and O–H groups in total. The normalized spacial score (nSPS) is 24.1. The van der Waals surface area contributed by atoms with E-state index in [2.05, 4.69) is 28.2 Å². The molecular formula is C16H22N6. The highest BCUT2D eigenvalue weighted by Crippen LogP contribution is 2.41. The highest BCUT2D eigenvalue weighted by atomic mass is 15.2. The lowest BCUT2D eigenvalue weighted by Crippen LogP contribution is -2.35. The third-order valence-corrected chi connectivity index (χ3v) is 4.64. The number of hydrogen-bond donors (Lipinski definition) is 2. The molecule has 22 heavy (non-hydrogen) atoms. The Hall–Kier alpha value is -1.95. The van der Waals surface area contributed by atoms with E-state index in [1.54, 1.807) is 6.20 Å². The van der Waals surface area contributed by atoms with Crippen LogP contribution in [0.2, 0.25) is 0 Å². The quantitative estimate of drug-likeness (QED) is 0.881. The van der Waals surface area contributed by atoms with Crippen LogP contribution < -0.4 is 10.6 Å². The zero-order valence-corrected chi connectivity index (χ0v) is 12.9. The van der Waals surface area contributed by atoms with Crippen molar-refractivity contribution < 1.29 is 0 Å². The smallest absolute Gasteiger partial charge is 0.134 e. The monoisotopic (exact) mass is 298 g/mol. The Labute approximate surface area is 130 Å². The van der Waals surface area contributed by atoms with Crippen molar-refractivity contribution in [1.29, 1.82) is 0 Å². The number of aromatic nitrogens is 4. The van der Waals surface area contributed by atoms with Crippen molar-refractivity contribution in [2.24, 2.45) is 5.73 Å². The van der Waals surface area contributed by atoms with E-state index in [1.165, 1.54) is 18.5 Å². The molecule has 2 heterocycles. The molecule has 2 fully saturated rings. The van der Waals surface area contributed by atoms with Gasteiger partial charge in [0.1, 0.15) is 11.6 Å². The van der Waals surface area contributed by atoms with Crippen molar-refractivity contribution in [3.05, 3.63) is 35.5 Å². The minimum absolute atomic E-state index is 0.343. The average molecular weight is 298 g/mol. The van der Waals surface area contributed by atoms with Crippen LogP contribution in [0.25, 0.3) is 0 Å². The molecule has 0 radical (unpaired) electrons. The highest BCUT2D eigenvalue weighted by Gasteiger charge is 2.32. The summed E-state index contributed by atoms with van der Waals surface area (Å²) in [6, 6.07) is 4.47. The molecule has 2 aliphatic carbocycles. The SMILES string of the molecule is CN(Cc1ccn[nH]1)c1cc(C2CC(N)C2)nc(C2CC2)n1. The molecule has 0 saturated heterocycles. The van der Waals surface area contributed by atoms with Gasteiger partial charge in [0.15, 0.2) is 0 Å². The maximum Gasteiger partial charge on any atom is 0.134 e. The van der Waals surface area contributed by atoms with Crippen LogP contribution in [0.5, 0.6) is 0 Å². The van der Waals surface area contributed by atoms with Crippen molar-refractivity contribution >= 4 is 5.82 Å². The van der Waals surface area contributed by atoms with Crippen LogP contribution in [0.15, 0.2) is 18.3 Å². The van der Waals surface area contributed by atoms with Gasteiger partial charge in [-0.15, -0.1) is 0 Å². The van der Waals surface area contributed by atoms with Gasteiger partial charge < -0.3 is 10.6 Å². The Balaban J connectivity index is 1.59. The fraction of sp³-hybridized carbons (Fsp3) is 0.562. The first kappa shape index (κ1) is 13.7. The molecule has 0 amide bonds. The Morgan fingerprint density at radius 1 is 1.27 bits per heavy atom. The molecule has 2 saturated carbocycles. The Morgan fingerprint density at radius 3 is 2.73 bits per heavy atom. The van der Waals surface area contributed by atoms with Crippen molar-refractivity contribution in [1.82, 2.24) is 20.2 Å². The van der Waals surface area contributed by atoms with E-state index in [0.717, 1.165) is 36.7 Å². The van der Waals surface area contributed by atoms with E-state index < -0.39 is 0 Å². The summed E-state index contributed by atoms with van der Waals surface area (Å²) < 4.78 is 0. The summed E-state index contributed by atoms with van der Waals surface area (Å²) in [4.78, 5) is 11.8. The van der Waals surface area contributed by atoms with E-state index in [0.29, 0.717) is 17.9 Å². The van der Waals surface area contributed by atoms with Crippen LogP contribution in [0.4, 0.5) is 5.82 Å². The van der Waals surface area contributed by atoms with Gasteiger partial charge in [-0.1, -0.05) is 0 Å². The van der Waals surface area contributed by atoms with Crippen LogP contribution in [0.1, 0.15) is 54.7 Å². The summed E-state index contributed by atoms with van der Waals surface area (Å²) in [5.41, 5.74) is 8.20. The zero-order chi connectivity index (χ0) is 15.1. The largest absolute Gasteiger partial charge is 0.354 e. The van der Waals surface area contributed by atoms with Crippen LogP contribution >= 0.6 is 0 Å². The van der Waals surface area contributed by atoms with E-state index >= 15 is 0 Å². The number of nitrogens with zero attached hydrogens (tertiary/aromatic N) is 4. The van der Waals surface area contributed by atoms with Gasteiger partial charge in [-0.05, 0) is 31.7 Å². The third kappa shape index (κ3) is 2.70. The molecule has 6 heteroatoms. The van der Waals surface area contributed by atoms with Gasteiger partial charge in [-0.25, -0.2) is 9.97 Å². The van der Waals surface area contributed by atoms with Gasteiger partial charge >= 0.3 is 0 Å². The summed E-state index contributed by atoms with van der Waals surface area (Å²) in [5, 5.41) is 7.00. The second kappa shape index (κ2) is 5.35. The number of hydrogen-bond acceptors (Lipinski definition) is 5. The summed E-state index contributed by atoms with van der Waals surface area (Å²) in [6.45, 7) is 0.769. The minimum Gasteiger partial charge on any atom is -0.354 e. The first-order valence-electron chi connectivity index (χ1n) is 8.03. The number of anilines is 1. The van der Waals surface area contributed by atoms with Crippen molar-refractivity contribution in [2.75, 3.05) is 11.9 Å². The summed E-state index contributed by atoms with van der Waals surface area (Å²) >= 11 is 0. The first-order chi connectivity index (χ1) is 10.7. The molecule has 116 valence electrons. The molecule has 2 aromatic rings. The molecule has 4 rings (SSSR count). The van der Waals surface area contributed by atoms with Gasteiger partial charge in [0.05, 0.1) is 12.2 Å². The zero-order valence-electron chi connectivity index (χ0n) is 12.9. The highest BCUT2D eigenvalue weighted by molar-refractivity contribution is 5.41. The second-order valence-electron chi connectivity index (χ2n) is 6.65. The lowest BCUT2D eigenvalue weighted by molar-refractivity contribution is 0.344. The lowest BCUT2D eigenvalue weighted by Gasteiger charge is -2.32. The molecular weight excluding hydrogens is 276 g/mol. The van der Waals surface area contributed by atoms with Crippen LogP contribution in [0, 0.1) is 0 Å². The molecule has 0 aromatic carbocycles. The maximum absolute atomic E-state index is 5.94. The fourth-order valence-corrected chi connectivity index (χ4v) is 3.01. The molecule has 2 aliphatic rings. The van der Waals surface area contributed by atoms with Crippen LogP contribution in [0.3, 0.4) is 0 Å². The van der Waals surface area contributed by atoms with Gasteiger partial charge in [0, 0.05) is 42.9 Å². The summed E-state index contributed by atoms with van der Waals surface area (Å²) in [7, 11) is 2.07. The number of aromatic amines is 1. The van der Waals surface area contributed by atoms with Gasteiger partial charge in [-0.3, -0.25) is 5.10 Å². The molecule has 0 unspecified atom stereocenters. The number of nitrogens with two attached hydrogens (primary N) is 1. The predicted octanol–water partition coefficient (Wildman–Crippen LogP) is 1.92. The maximum atomic E-state index is 5.94. The Bertz CT molecular complexity index is 643. The molecule has 0 aliphatic heterocycles. The van der Waals surface area contributed by atoms with Crippen LogP contribution in [-0.4, -0.2) is 33.3 Å². The number of H-pyrrole nitrogens is 1. The van der Waals surface area contributed by atoms with Gasteiger partial charge in [0.2, 0.25) is 0 Å². The molecule has 0 spiro atoms. The van der Waals surface area contributed by atoms with E-state index in [9.17, 15) is 0 Å². The Kier molecular flexibility index (Phi) is 3.33. The molecule has 6 nitrogen and oxygen atoms in total. The first-order valence-corrected chi connectivity index (χ1v) is 8.03. The predicted molar refractivity (Wildman–Crippen MR) is 84.7 cm³/mol. The van der Waals surface area contributed by atoms with Crippen molar-refractivity contribution in [3.63, 3.8) is 0 Å². The molecule has 0 bridgehead atoms. The molecule has 0 atom stereocenters. The van der Waals surface area contributed by atoms with Crippen LogP contribution in [-0.2, 0) is 6.54 Å². The number of nitrogens with one attached hydrogen (secondary N) is 1. The van der Waals surface area contributed by atoms with Gasteiger partial charge in [-0.2, -0.15) is 5.10 Å². The summed E-state index contributed by atoms with van der Waals surface area (Å²) in [5.74, 6) is 3.09. The summed E-state index contributed by atoms with van der Waals surface area (Å²) in [6.07, 6.45) is 6.31. The number of rotatable bonds is 5. The standard InChI is InChI=1S/C16H22N6/c1-22(9-13-4-5-18-21-13)15-8-14(11-6-12(17)7-11)19-16(20-15)10-2-3-10/h4-5,8,10-12H,2-3,6-7,9,17H2,1H3,(H,18,21). The van der Waals surface area contributed by atoms with E-state index in [1.807, 2.05) is 6.07 Å². The minimum atomic E-state index is 0.343. The average Bonchev–Trinajstić information content (AvgIpc) is 3.22.